The van der Waals surface area contributed by atoms with Gasteiger partial charge in [0.1, 0.15) is 6.61 Å². The van der Waals surface area contributed by atoms with Crippen LogP contribution >= 0.6 is 0 Å². The third kappa shape index (κ3) is 3.91. The molecule has 5 aromatic rings. The van der Waals surface area contributed by atoms with E-state index in [9.17, 15) is 0 Å². The molecule has 0 fully saturated rings. The fraction of sp³-hybridized carbons (Fsp3) is 0.222. The van der Waals surface area contributed by atoms with Gasteiger partial charge in [-0.25, -0.2) is 4.98 Å². The van der Waals surface area contributed by atoms with Crippen LogP contribution in [0.1, 0.15) is 0 Å². The molecule has 8 nitrogen and oxygen atoms in total. The van der Waals surface area contributed by atoms with Gasteiger partial charge in [0.2, 0.25) is 11.6 Å². The first-order chi connectivity index (χ1) is 17.2. The van der Waals surface area contributed by atoms with Crippen LogP contribution in [0.3, 0.4) is 0 Å². The molecule has 0 saturated heterocycles. The molecule has 0 amide bonds. The summed E-state index contributed by atoms with van der Waals surface area (Å²) >= 11 is 0. The van der Waals surface area contributed by atoms with Gasteiger partial charge in [0.05, 0.1) is 32.2 Å². The second-order valence-corrected chi connectivity index (χ2v) is 7.95. The number of fused-ring (bicyclic) bond motifs is 5. The van der Waals surface area contributed by atoms with E-state index in [-0.39, 0.29) is 0 Å². The molecule has 0 spiro atoms. The first-order valence-corrected chi connectivity index (χ1v) is 11.2. The van der Waals surface area contributed by atoms with Crippen molar-refractivity contribution in [1.29, 1.82) is 0 Å². The number of ether oxygens (including phenoxy) is 4. The number of hydrogen-bond donors (Lipinski definition) is 1. The molecule has 2 aromatic carbocycles. The van der Waals surface area contributed by atoms with Gasteiger partial charge in [-0.3, -0.25) is 9.97 Å². The lowest BCUT2D eigenvalue weighted by Crippen LogP contribution is -2.16. The highest BCUT2D eigenvalue weighted by molar-refractivity contribution is 6.22. The Morgan fingerprint density at radius 3 is 2.23 bits per heavy atom. The number of pyridine rings is 3. The van der Waals surface area contributed by atoms with Crippen LogP contribution in [0.15, 0.2) is 55.1 Å². The SMILES string of the molecule is CNCCOc1nc2c3cnccc3cc(-c3cc(OC)c(OC)c(OC)c3)c2c2ccncc12. The average Bonchev–Trinajstić information content (AvgIpc) is 2.91. The van der Waals surface area contributed by atoms with Crippen LogP contribution < -0.4 is 24.3 Å². The Bertz CT molecular complexity index is 1510. The van der Waals surface area contributed by atoms with Crippen LogP contribution in [0.25, 0.3) is 43.6 Å². The van der Waals surface area contributed by atoms with Crippen LogP contribution in [-0.2, 0) is 0 Å². The maximum Gasteiger partial charge on any atom is 0.223 e. The summed E-state index contributed by atoms with van der Waals surface area (Å²) in [6.45, 7) is 1.19. The van der Waals surface area contributed by atoms with Crippen molar-refractivity contribution in [2.75, 3.05) is 41.5 Å². The zero-order valence-electron chi connectivity index (χ0n) is 20.1. The van der Waals surface area contributed by atoms with Crippen molar-refractivity contribution in [3.8, 4) is 34.3 Å². The summed E-state index contributed by atoms with van der Waals surface area (Å²) in [4.78, 5) is 13.7. The maximum atomic E-state index is 6.08. The van der Waals surface area contributed by atoms with Crippen LogP contribution in [-0.4, -0.2) is 56.5 Å². The minimum atomic E-state index is 0.488. The van der Waals surface area contributed by atoms with Gasteiger partial charge in [-0.05, 0) is 53.9 Å². The molecule has 0 aliphatic rings. The summed E-state index contributed by atoms with van der Waals surface area (Å²) in [5.74, 6) is 2.25. The number of nitrogens with one attached hydrogen (secondary N) is 1. The highest BCUT2D eigenvalue weighted by Crippen LogP contribution is 2.45. The van der Waals surface area contributed by atoms with E-state index in [1.54, 1.807) is 39.9 Å². The molecule has 0 aliphatic carbocycles. The molecule has 0 saturated carbocycles. The van der Waals surface area contributed by atoms with Crippen molar-refractivity contribution in [2.24, 2.45) is 0 Å². The summed E-state index contributed by atoms with van der Waals surface area (Å²) in [7, 11) is 6.71. The van der Waals surface area contributed by atoms with Gasteiger partial charge < -0.3 is 24.3 Å². The predicted molar refractivity (Wildman–Crippen MR) is 137 cm³/mol. The Morgan fingerprint density at radius 1 is 0.829 bits per heavy atom. The van der Waals surface area contributed by atoms with E-state index < -0.39 is 0 Å². The molecule has 35 heavy (non-hydrogen) atoms. The van der Waals surface area contributed by atoms with Gasteiger partial charge in [-0.1, -0.05) is 0 Å². The Hall–Kier alpha value is -4.17. The van der Waals surface area contributed by atoms with Gasteiger partial charge >= 0.3 is 0 Å². The lowest BCUT2D eigenvalue weighted by atomic mass is 9.93. The van der Waals surface area contributed by atoms with Crippen LogP contribution in [0, 0.1) is 0 Å². The highest BCUT2D eigenvalue weighted by Gasteiger charge is 2.20. The maximum absolute atomic E-state index is 6.08. The minimum absolute atomic E-state index is 0.488. The molecule has 0 atom stereocenters. The van der Waals surface area contributed by atoms with E-state index in [1.165, 1.54) is 0 Å². The Morgan fingerprint density at radius 2 is 1.54 bits per heavy atom. The van der Waals surface area contributed by atoms with E-state index in [0.29, 0.717) is 36.3 Å². The normalized spacial score (nSPS) is 11.2. The van der Waals surface area contributed by atoms with E-state index in [4.69, 9.17) is 23.9 Å². The molecular weight excluding hydrogens is 444 g/mol. The van der Waals surface area contributed by atoms with E-state index in [2.05, 4.69) is 21.4 Å². The monoisotopic (exact) mass is 470 g/mol. The molecule has 3 aromatic heterocycles. The smallest absolute Gasteiger partial charge is 0.223 e. The summed E-state index contributed by atoms with van der Waals surface area (Å²) in [6.07, 6.45) is 7.20. The Balaban J connectivity index is 1.90. The van der Waals surface area contributed by atoms with Crippen LogP contribution in [0.4, 0.5) is 0 Å². The topological polar surface area (TPSA) is 87.6 Å². The summed E-state index contributed by atoms with van der Waals surface area (Å²) in [6, 6.07) is 10.0. The zero-order valence-corrected chi connectivity index (χ0v) is 20.1. The van der Waals surface area contributed by atoms with Crippen LogP contribution in [0.2, 0.25) is 0 Å². The quantitative estimate of drug-likeness (QED) is 0.260. The summed E-state index contributed by atoms with van der Waals surface area (Å²) < 4.78 is 22.9. The van der Waals surface area contributed by atoms with Gasteiger partial charge in [0.15, 0.2) is 11.5 Å². The Kier molecular flexibility index (Phi) is 6.20. The highest BCUT2D eigenvalue weighted by atomic mass is 16.5. The number of benzene rings is 2. The van der Waals surface area contributed by atoms with Gasteiger partial charge in [-0.15, -0.1) is 0 Å². The van der Waals surface area contributed by atoms with Gasteiger partial charge in [0, 0.05) is 47.5 Å². The molecule has 3 heterocycles. The second kappa shape index (κ2) is 9.60. The largest absolute Gasteiger partial charge is 0.493 e. The summed E-state index contributed by atoms with van der Waals surface area (Å²) in [5, 5.41) is 7.85. The molecule has 8 heteroatoms. The van der Waals surface area contributed by atoms with Gasteiger partial charge in [0.25, 0.3) is 0 Å². The number of likely N-dealkylation sites (N-methyl/N-ethyl adjacent to an activating group) is 1. The van der Waals surface area contributed by atoms with Crippen molar-refractivity contribution < 1.29 is 18.9 Å². The number of nitrogens with zero attached hydrogens (tertiary/aromatic N) is 3. The lowest BCUT2D eigenvalue weighted by molar-refractivity contribution is 0.311. The van der Waals surface area contributed by atoms with Crippen molar-refractivity contribution in [1.82, 2.24) is 20.3 Å². The molecule has 178 valence electrons. The molecule has 0 aliphatic heterocycles. The van der Waals surface area contributed by atoms with Crippen molar-refractivity contribution in [3.63, 3.8) is 0 Å². The zero-order chi connectivity index (χ0) is 24.4. The van der Waals surface area contributed by atoms with Crippen molar-refractivity contribution in [3.05, 3.63) is 55.1 Å². The molecule has 0 bridgehead atoms. The van der Waals surface area contributed by atoms with E-state index in [0.717, 1.165) is 43.6 Å². The third-order valence-corrected chi connectivity index (χ3v) is 6.02. The molecule has 5 rings (SSSR count). The Labute approximate surface area is 202 Å². The molecule has 1 N–H and O–H groups in total. The van der Waals surface area contributed by atoms with Gasteiger partial charge in [-0.2, -0.15) is 0 Å². The summed E-state index contributed by atoms with van der Waals surface area (Å²) in [5.41, 5.74) is 2.69. The molecular formula is C27H26N4O4. The molecule has 0 radical (unpaired) electrons. The minimum Gasteiger partial charge on any atom is -0.493 e. The second-order valence-electron chi connectivity index (χ2n) is 7.95. The average molecular weight is 471 g/mol. The fourth-order valence-electron chi connectivity index (χ4n) is 4.38. The molecule has 0 unspecified atom stereocenters. The first-order valence-electron chi connectivity index (χ1n) is 11.2. The third-order valence-electron chi connectivity index (χ3n) is 6.02. The number of hydrogen-bond acceptors (Lipinski definition) is 8. The van der Waals surface area contributed by atoms with E-state index >= 15 is 0 Å². The van der Waals surface area contributed by atoms with Crippen molar-refractivity contribution >= 4 is 32.4 Å². The standard InChI is InChI=1S/C27H26N4O4/c1-28-9-10-35-27-21-15-30-8-6-18(21)24-19(11-16-5-7-29-14-20(16)25(24)31-27)17-12-22(32-2)26(34-4)23(13-17)33-3/h5-8,11-15,28H,9-10H2,1-4H3. The number of rotatable bonds is 8. The van der Waals surface area contributed by atoms with Crippen molar-refractivity contribution in [2.45, 2.75) is 0 Å². The predicted octanol–water partition coefficient (Wildman–Crippen LogP) is 4.62. The first kappa shape index (κ1) is 22.6. The lowest BCUT2D eigenvalue weighted by Gasteiger charge is -2.18. The fourth-order valence-corrected chi connectivity index (χ4v) is 4.38. The number of aromatic nitrogens is 3. The van der Waals surface area contributed by atoms with E-state index in [1.807, 2.05) is 37.5 Å². The van der Waals surface area contributed by atoms with Crippen LogP contribution in [0.5, 0.6) is 23.1 Å². The number of methoxy groups -OCH3 is 3.